The van der Waals surface area contributed by atoms with Gasteiger partial charge in [0.15, 0.2) is 11.6 Å². The molecule has 2 amide bonds. The van der Waals surface area contributed by atoms with Crippen molar-refractivity contribution in [3.05, 3.63) is 59.7 Å². The Morgan fingerprint density at radius 1 is 1.16 bits per heavy atom. The minimum atomic E-state index is -0.765. The summed E-state index contributed by atoms with van der Waals surface area (Å²) in [6.45, 7) is 2.50. The number of hydrogen-bond donors (Lipinski definition) is 2. The summed E-state index contributed by atoms with van der Waals surface area (Å²) in [5.74, 6) is -1.96. The third-order valence-corrected chi connectivity index (χ3v) is 5.25. The van der Waals surface area contributed by atoms with Gasteiger partial charge in [0.05, 0.1) is 12.5 Å². The van der Waals surface area contributed by atoms with Crippen LogP contribution in [0, 0.1) is 17.6 Å². The number of halogens is 2. The van der Waals surface area contributed by atoms with Crippen LogP contribution in [-0.4, -0.2) is 36.4 Å². The van der Waals surface area contributed by atoms with E-state index in [0.717, 1.165) is 43.6 Å². The Balaban J connectivity index is 1.39. The molecule has 8 heteroatoms. The van der Waals surface area contributed by atoms with Crippen LogP contribution in [0.5, 0.6) is 5.75 Å². The number of nitrogens with zero attached hydrogens (tertiary/aromatic N) is 1. The summed E-state index contributed by atoms with van der Waals surface area (Å²) in [7, 11) is 0. The summed E-state index contributed by atoms with van der Waals surface area (Å²) in [5.41, 5.74) is 7.21. The van der Waals surface area contributed by atoms with Gasteiger partial charge in [-0.05, 0) is 55.6 Å². The van der Waals surface area contributed by atoms with E-state index in [4.69, 9.17) is 10.5 Å². The number of piperidine rings is 1. The molecule has 0 spiro atoms. The molecule has 1 heterocycles. The smallest absolute Gasteiger partial charge is 0.224 e. The Morgan fingerprint density at radius 3 is 2.65 bits per heavy atom. The molecule has 6 nitrogen and oxygen atoms in total. The van der Waals surface area contributed by atoms with Crippen molar-refractivity contribution in [1.29, 1.82) is 0 Å². The van der Waals surface area contributed by atoms with Crippen LogP contribution in [0.3, 0.4) is 0 Å². The number of nitrogens with one attached hydrogen (secondary N) is 1. The molecule has 0 radical (unpaired) electrons. The predicted octanol–water partition coefficient (Wildman–Crippen LogP) is 3.46. The molecule has 31 heavy (non-hydrogen) atoms. The van der Waals surface area contributed by atoms with Gasteiger partial charge in [-0.15, -0.1) is 0 Å². The summed E-state index contributed by atoms with van der Waals surface area (Å²) in [4.78, 5) is 25.7. The molecule has 1 saturated heterocycles. The Kier molecular flexibility index (Phi) is 7.94. The fraction of sp³-hybridized carbons (Fsp3) is 0.391. The molecular formula is C23H27F2N3O3. The second kappa shape index (κ2) is 10.9. The molecule has 3 rings (SSSR count). The zero-order valence-corrected chi connectivity index (χ0v) is 17.3. The van der Waals surface area contributed by atoms with Gasteiger partial charge >= 0.3 is 0 Å². The molecule has 1 fully saturated rings. The third-order valence-electron chi connectivity index (χ3n) is 5.25. The fourth-order valence-corrected chi connectivity index (χ4v) is 3.61. The van der Waals surface area contributed by atoms with E-state index >= 15 is 0 Å². The van der Waals surface area contributed by atoms with Crippen LogP contribution in [-0.2, 0) is 16.1 Å². The summed E-state index contributed by atoms with van der Waals surface area (Å²) in [6.07, 6.45) is 2.42. The van der Waals surface area contributed by atoms with Crippen molar-refractivity contribution < 1.29 is 23.1 Å². The van der Waals surface area contributed by atoms with Crippen molar-refractivity contribution in [1.82, 2.24) is 4.90 Å². The number of anilines is 1. The number of benzene rings is 2. The van der Waals surface area contributed by atoms with Crippen molar-refractivity contribution in [3.8, 4) is 5.75 Å². The summed E-state index contributed by atoms with van der Waals surface area (Å²) < 4.78 is 31.6. The molecule has 0 saturated carbocycles. The highest BCUT2D eigenvalue weighted by Crippen LogP contribution is 2.20. The zero-order valence-electron chi connectivity index (χ0n) is 17.3. The van der Waals surface area contributed by atoms with Gasteiger partial charge in [-0.3, -0.25) is 14.5 Å². The highest BCUT2D eigenvalue weighted by molar-refractivity contribution is 5.90. The summed E-state index contributed by atoms with van der Waals surface area (Å²) >= 11 is 0. The number of primary amides is 1. The molecule has 1 aliphatic rings. The quantitative estimate of drug-likeness (QED) is 0.596. The topological polar surface area (TPSA) is 84.7 Å². The first-order valence-electron chi connectivity index (χ1n) is 10.4. The monoisotopic (exact) mass is 431 g/mol. The SMILES string of the molecule is NC(=O)C1CCCN(Cc2ccc(NC(=O)CCCOc3ccc(F)cc3F)cc2)C1. The van der Waals surface area contributed by atoms with Crippen molar-refractivity contribution in [3.63, 3.8) is 0 Å². The van der Waals surface area contributed by atoms with E-state index in [2.05, 4.69) is 10.2 Å². The molecule has 166 valence electrons. The number of ether oxygens (including phenoxy) is 1. The average molecular weight is 431 g/mol. The highest BCUT2D eigenvalue weighted by Gasteiger charge is 2.23. The lowest BCUT2D eigenvalue weighted by Gasteiger charge is -2.31. The second-order valence-corrected chi connectivity index (χ2v) is 7.75. The molecule has 3 N–H and O–H groups in total. The highest BCUT2D eigenvalue weighted by atomic mass is 19.1. The Morgan fingerprint density at radius 2 is 1.94 bits per heavy atom. The van der Waals surface area contributed by atoms with Gasteiger partial charge in [0.1, 0.15) is 5.82 Å². The molecule has 0 aliphatic carbocycles. The lowest BCUT2D eigenvalue weighted by atomic mass is 9.97. The van der Waals surface area contributed by atoms with Gasteiger partial charge in [0.25, 0.3) is 0 Å². The van der Waals surface area contributed by atoms with Crippen molar-refractivity contribution in [2.75, 3.05) is 25.0 Å². The maximum absolute atomic E-state index is 13.5. The zero-order chi connectivity index (χ0) is 22.2. The van der Waals surface area contributed by atoms with E-state index in [1.165, 1.54) is 6.07 Å². The van der Waals surface area contributed by atoms with E-state index < -0.39 is 11.6 Å². The van der Waals surface area contributed by atoms with Crippen LogP contribution in [0.25, 0.3) is 0 Å². The molecule has 2 aromatic rings. The molecule has 1 unspecified atom stereocenters. The number of hydrogen-bond acceptors (Lipinski definition) is 4. The van der Waals surface area contributed by atoms with Gasteiger partial charge in [0, 0.05) is 31.3 Å². The van der Waals surface area contributed by atoms with Gasteiger partial charge in [-0.25, -0.2) is 8.78 Å². The van der Waals surface area contributed by atoms with Gasteiger partial charge in [-0.2, -0.15) is 0 Å². The van der Waals surface area contributed by atoms with Crippen molar-refractivity contribution in [2.24, 2.45) is 11.7 Å². The Hall–Kier alpha value is -3.00. The maximum atomic E-state index is 13.5. The molecule has 1 aliphatic heterocycles. The predicted molar refractivity (Wildman–Crippen MR) is 113 cm³/mol. The van der Waals surface area contributed by atoms with Crippen LogP contribution < -0.4 is 15.8 Å². The average Bonchev–Trinajstić information content (AvgIpc) is 2.74. The number of likely N-dealkylation sites (tertiary alicyclic amines) is 1. The van der Waals surface area contributed by atoms with E-state index in [1.54, 1.807) is 0 Å². The van der Waals surface area contributed by atoms with Gasteiger partial charge < -0.3 is 15.8 Å². The van der Waals surface area contributed by atoms with Crippen molar-refractivity contribution >= 4 is 17.5 Å². The minimum Gasteiger partial charge on any atom is -0.491 e. The Labute approximate surface area is 180 Å². The van der Waals surface area contributed by atoms with Crippen LogP contribution in [0.1, 0.15) is 31.2 Å². The fourth-order valence-electron chi connectivity index (χ4n) is 3.61. The summed E-state index contributed by atoms with van der Waals surface area (Å²) in [6, 6.07) is 10.7. The molecular weight excluding hydrogens is 404 g/mol. The number of nitrogens with two attached hydrogens (primary N) is 1. The first kappa shape index (κ1) is 22.7. The lowest BCUT2D eigenvalue weighted by molar-refractivity contribution is -0.123. The number of carbonyl (C=O) groups is 2. The molecule has 0 bridgehead atoms. The van der Waals surface area contributed by atoms with Crippen LogP contribution in [0.4, 0.5) is 14.5 Å². The van der Waals surface area contributed by atoms with Crippen LogP contribution in [0.2, 0.25) is 0 Å². The number of amides is 2. The molecule has 2 aromatic carbocycles. The Bertz CT molecular complexity index is 905. The maximum Gasteiger partial charge on any atom is 0.224 e. The largest absolute Gasteiger partial charge is 0.491 e. The van der Waals surface area contributed by atoms with Gasteiger partial charge in [-0.1, -0.05) is 12.1 Å². The van der Waals surface area contributed by atoms with Crippen molar-refractivity contribution in [2.45, 2.75) is 32.2 Å². The number of carbonyl (C=O) groups excluding carboxylic acids is 2. The first-order valence-corrected chi connectivity index (χ1v) is 10.4. The van der Waals surface area contributed by atoms with E-state index in [9.17, 15) is 18.4 Å². The molecule has 0 aromatic heterocycles. The third kappa shape index (κ3) is 7.03. The van der Waals surface area contributed by atoms with Gasteiger partial charge in [0.2, 0.25) is 11.8 Å². The summed E-state index contributed by atoms with van der Waals surface area (Å²) in [5, 5.41) is 2.82. The normalized spacial score (nSPS) is 16.6. The number of rotatable bonds is 9. The van der Waals surface area contributed by atoms with E-state index in [0.29, 0.717) is 18.7 Å². The van der Waals surface area contributed by atoms with E-state index in [-0.39, 0.29) is 36.5 Å². The second-order valence-electron chi connectivity index (χ2n) is 7.75. The first-order chi connectivity index (χ1) is 14.9. The van der Waals surface area contributed by atoms with Crippen LogP contribution in [0.15, 0.2) is 42.5 Å². The standard InChI is InChI=1S/C23H27F2N3O3/c24-18-7-10-21(20(25)13-18)31-12-2-4-22(29)27-19-8-5-16(6-9-19)14-28-11-1-3-17(15-28)23(26)30/h5-10,13,17H,1-4,11-12,14-15H2,(H2,26,30)(H,27,29). The van der Waals surface area contributed by atoms with Crippen LogP contribution >= 0.6 is 0 Å². The molecule has 1 atom stereocenters. The minimum absolute atomic E-state index is 0.0340. The lowest BCUT2D eigenvalue weighted by Crippen LogP contribution is -2.40. The van der Waals surface area contributed by atoms with E-state index in [1.807, 2.05) is 24.3 Å².